The number of benzene rings is 2. The molecule has 1 fully saturated rings. The molecule has 0 amide bonds. The molecule has 0 bridgehead atoms. The van der Waals surface area contributed by atoms with E-state index in [4.69, 9.17) is 4.78 Å². The van der Waals surface area contributed by atoms with Crippen LogP contribution in [0.25, 0.3) is 11.1 Å². The Morgan fingerprint density at radius 1 is 1.15 bits per heavy atom. The van der Waals surface area contributed by atoms with Gasteiger partial charge in [-0.15, -0.1) is 0 Å². The van der Waals surface area contributed by atoms with Crippen LogP contribution in [-0.4, -0.2) is 28.3 Å². The van der Waals surface area contributed by atoms with Gasteiger partial charge in [0.2, 0.25) is 9.92 Å². The molecular weight excluding hydrogens is 382 g/mol. The maximum Gasteiger partial charge on any atom is 0.492 e. The van der Waals surface area contributed by atoms with Gasteiger partial charge in [0.25, 0.3) is 0 Å². The zero-order chi connectivity index (χ0) is 19.7. The van der Waals surface area contributed by atoms with Crippen molar-refractivity contribution in [3.8, 4) is 11.1 Å². The second-order valence-electron chi connectivity index (χ2n) is 6.42. The molecule has 3 rings (SSSR count). The van der Waals surface area contributed by atoms with Crippen LogP contribution in [0, 0.1) is 10.6 Å². The number of rotatable bonds is 5. The first-order valence-corrected chi connectivity index (χ1v) is 9.93. The summed E-state index contributed by atoms with van der Waals surface area (Å²) in [5, 5.41) is 3.01. The molecule has 4 nitrogen and oxygen atoms in total. The summed E-state index contributed by atoms with van der Waals surface area (Å²) in [4.78, 5) is 0. The summed E-state index contributed by atoms with van der Waals surface area (Å²) in [6.07, 6.45) is 0.397. The maximum absolute atomic E-state index is 14.9. The molecule has 2 aromatic carbocycles. The van der Waals surface area contributed by atoms with E-state index >= 15 is 0 Å². The van der Waals surface area contributed by atoms with Gasteiger partial charge in [0.15, 0.2) is 0 Å². The fraction of sp³-hybridized carbons (Fsp3) is 0.333. The third-order valence-electron chi connectivity index (χ3n) is 4.59. The summed E-state index contributed by atoms with van der Waals surface area (Å²) in [7, 11) is -4.95. The molecule has 0 radical (unpaired) electrons. The molecule has 146 valence electrons. The van der Waals surface area contributed by atoms with Crippen molar-refractivity contribution in [1.29, 1.82) is 4.78 Å². The van der Waals surface area contributed by atoms with Gasteiger partial charge in [-0.3, -0.25) is 0 Å². The topological polar surface area (TPSA) is 65.0 Å². The minimum absolute atomic E-state index is 0.123. The predicted molar refractivity (Wildman–Crippen MR) is 95.8 cm³/mol. The van der Waals surface area contributed by atoms with E-state index < -0.39 is 33.3 Å². The highest BCUT2D eigenvalue weighted by Gasteiger charge is 2.44. The van der Waals surface area contributed by atoms with Crippen LogP contribution < -0.4 is 10.0 Å². The third kappa shape index (κ3) is 4.31. The van der Waals surface area contributed by atoms with E-state index in [9.17, 15) is 21.8 Å². The quantitative estimate of drug-likeness (QED) is 0.667. The van der Waals surface area contributed by atoms with Gasteiger partial charge in [-0.05, 0) is 30.5 Å². The Morgan fingerprint density at radius 3 is 2.52 bits per heavy atom. The molecule has 2 aromatic rings. The van der Waals surface area contributed by atoms with E-state index in [1.165, 1.54) is 0 Å². The fourth-order valence-corrected chi connectivity index (χ4v) is 4.06. The molecule has 1 aliphatic rings. The van der Waals surface area contributed by atoms with Gasteiger partial charge in [0, 0.05) is 17.6 Å². The van der Waals surface area contributed by atoms with Crippen LogP contribution in [0.1, 0.15) is 12.0 Å². The van der Waals surface area contributed by atoms with Crippen LogP contribution in [-0.2, 0) is 16.3 Å². The van der Waals surface area contributed by atoms with E-state index in [2.05, 4.69) is 5.32 Å². The van der Waals surface area contributed by atoms with E-state index in [1.807, 2.05) is 10.8 Å². The molecule has 1 saturated heterocycles. The minimum atomic E-state index is -5.15. The van der Waals surface area contributed by atoms with Gasteiger partial charge in [-0.25, -0.2) is 18.1 Å². The van der Waals surface area contributed by atoms with Crippen molar-refractivity contribution in [2.75, 3.05) is 6.54 Å². The van der Waals surface area contributed by atoms with Gasteiger partial charge in [-0.1, -0.05) is 48.5 Å². The number of alkyl halides is 3. The number of nitrogens with one attached hydrogen (secondary N) is 3. The Labute approximate surface area is 155 Å². The molecule has 0 aliphatic carbocycles. The van der Waals surface area contributed by atoms with Crippen molar-refractivity contribution in [3.05, 3.63) is 59.9 Å². The highest BCUT2D eigenvalue weighted by atomic mass is 32.2. The van der Waals surface area contributed by atoms with Crippen molar-refractivity contribution in [2.45, 2.75) is 30.4 Å². The zero-order valence-electron chi connectivity index (χ0n) is 14.2. The Hall–Kier alpha value is -1.97. The summed E-state index contributed by atoms with van der Waals surface area (Å²) in [5.41, 5.74) is -3.68. The summed E-state index contributed by atoms with van der Waals surface area (Å²) in [6, 6.07) is 12.5. The molecule has 3 atom stereocenters. The van der Waals surface area contributed by atoms with Crippen LogP contribution in [0.15, 0.2) is 48.5 Å². The summed E-state index contributed by atoms with van der Waals surface area (Å²) < 4.78 is 73.8. The average Bonchev–Trinajstić information content (AvgIpc) is 3.03. The van der Waals surface area contributed by atoms with Gasteiger partial charge in [-0.2, -0.15) is 13.2 Å². The number of hydrogen-bond acceptors (Lipinski definition) is 3. The summed E-state index contributed by atoms with van der Waals surface area (Å²) >= 11 is 0. The summed E-state index contributed by atoms with van der Waals surface area (Å²) in [5.74, 6) is -0.432. The lowest BCUT2D eigenvalue weighted by molar-refractivity contribution is -0.0420. The first-order valence-electron chi connectivity index (χ1n) is 8.37. The predicted octanol–water partition coefficient (Wildman–Crippen LogP) is 3.84. The number of halogens is 4. The van der Waals surface area contributed by atoms with Crippen LogP contribution in [0.5, 0.6) is 0 Å². The van der Waals surface area contributed by atoms with Gasteiger partial charge in [0.1, 0.15) is 5.82 Å². The first-order chi connectivity index (χ1) is 12.7. The van der Waals surface area contributed by atoms with Crippen molar-refractivity contribution in [3.63, 3.8) is 0 Å². The number of hydrogen-bond donors (Lipinski definition) is 3. The maximum atomic E-state index is 14.9. The van der Waals surface area contributed by atoms with Crippen molar-refractivity contribution in [1.82, 2.24) is 10.0 Å². The molecule has 0 saturated carbocycles. The van der Waals surface area contributed by atoms with Crippen molar-refractivity contribution < 1.29 is 21.8 Å². The Kier molecular flexibility index (Phi) is 5.55. The Morgan fingerprint density at radius 2 is 1.85 bits per heavy atom. The van der Waals surface area contributed by atoms with Gasteiger partial charge >= 0.3 is 5.51 Å². The SMILES string of the molecule is N=S(=O)(NC1CCNC1Cc1cccc(-c2ccccc2)c1F)C(F)(F)F. The van der Waals surface area contributed by atoms with Crippen LogP contribution in [0.3, 0.4) is 0 Å². The second kappa shape index (κ2) is 7.57. The molecule has 0 aromatic heterocycles. The molecular formula is C18H19F4N3OS. The van der Waals surface area contributed by atoms with Crippen LogP contribution >= 0.6 is 0 Å². The third-order valence-corrected chi connectivity index (χ3v) is 5.88. The molecule has 3 N–H and O–H groups in total. The van der Waals surface area contributed by atoms with Gasteiger partial charge < -0.3 is 5.32 Å². The zero-order valence-corrected chi connectivity index (χ0v) is 15.0. The average molecular weight is 401 g/mol. The Balaban J connectivity index is 1.81. The van der Waals surface area contributed by atoms with Crippen LogP contribution in [0.4, 0.5) is 17.6 Å². The minimum Gasteiger partial charge on any atom is -0.312 e. The summed E-state index contributed by atoms with van der Waals surface area (Å²) in [6.45, 7) is 0.399. The highest BCUT2D eigenvalue weighted by Crippen LogP contribution is 2.28. The smallest absolute Gasteiger partial charge is 0.312 e. The van der Waals surface area contributed by atoms with Crippen LogP contribution in [0.2, 0.25) is 0 Å². The highest BCUT2D eigenvalue weighted by molar-refractivity contribution is 7.91. The van der Waals surface area contributed by atoms with E-state index in [0.29, 0.717) is 23.2 Å². The molecule has 27 heavy (non-hydrogen) atoms. The monoisotopic (exact) mass is 401 g/mol. The van der Waals surface area contributed by atoms with E-state index in [1.54, 1.807) is 42.5 Å². The van der Waals surface area contributed by atoms with Crippen molar-refractivity contribution in [2.24, 2.45) is 0 Å². The van der Waals surface area contributed by atoms with E-state index in [-0.39, 0.29) is 12.8 Å². The lowest BCUT2D eigenvalue weighted by atomic mass is 9.96. The fourth-order valence-electron chi connectivity index (χ4n) is 3.22. The normalized spacial score (nSPS) is 22.5. The van der Waals surface area contributed by atoms with Crippen molar-refractivity contribution >= 4 is 9.92 Å². The molecule has 1 heterocycles. The first kappa shape index (κ1) is 19.8. The molecule has 3 unspecified atom stereocenters. The largest absolute Gasteiger partial charge is 0.492 e. The molecule has 1 aliphatic heterocycles. The lowest BCUT2D eigenvalue weighted by Gasteiger charge is -2.23. The molecule has 0 spiro atoms. The second-order valence-corrected chi connectivity index (χ2v) is 8.24. The van der Waals surface area contributed by atoms with Gasteiger partial charge in [0.05, 0.1) is 0 Å². The Bertz CT molecular complexity index is 901. The van der Waals surface area contributed by atoms with E-state index in [0.717, 1.165) is 0 Å². The molecule has 9 heteroatoms. The lowest BCUT2D eigenvalue weighted by Crippen LogP contribution is -2.48. The standard InChI is InChI=1S/C18H19F4N3OS/c19-17-13(7-4-8-14(17)12-5-2-1-3-6-12)11-16-15(9-10-24-16)25-27(23,26)18(20,21)22/h1-8,15-16,24H,9-11H2,(H2,23,25,26).